The van der Waals surface area contributed by atoms with Gasteiger partial charge in [0.2, 0.25) is 10.0 Å². The molecule has 0 fully saturated rings. The maximum absolute atomic E-state index is 12.5. The summed E-state index contributed by atoms with van der Waals surface area (Å²) < 4.78 is 41.9. The van der Waals surface area contributed by atoms with Crippen LogP contribution in [-0.4, -0.2) is 40.6 Å². The van der Waals surface area contributed by atoms with Gasteiger partial charge < -0.3 is 14.2 Å². The van der Waals surface area contributed by atoms with Crippen LogP contribution in [0.25, 0.3) is 10.6 Å². The summed E-state index contributed by atoms with van der Waals surface area (Å²) in [5.41, 5.74) is 1.32. The van der Waals surface area contributed by atoms with Crippen molar-refractivity contribution in [1.82, 2.24) is 9.71 Å². The van der Waals surface area contributed by atoms with E-state index in [0.717, 1.165) is 5.56 Å². The Bertz CT molecular complexity index is 1210. The molecule has 1 heterocycles. The quantitative estimate of drug-likeness (QED) is 0.487. The SMILES string of the molecule is CNS(=O)(=O)c1ccc(Cl)c(C(=O)OCc2csc(-c3ccc(OC)c(OC)c3)n2)c1. The minimum Gasteiger partial charge on any atom is -0.493 e. The number of hydrogen-bond donors (Lipinski definition) is 1. The predicted molar refractivity (Wildman–Crippen MR) is 117 cm³/mol. The standard InChI is InChI=1S/C20H19ClN2O6S2/c1-22-31(25,26)14-5-6-16(21)15(9-14)20(24)29-10-13-11-30-19(23-13)12-4-7-17(27-2)18(8-12)28-3/h4-9,11,22H,10H2,1-3H3. The molecule has 0 aliphatic rings. The van der Waals surface area contributed by atoms with Gasteiger partial charge in [0.25, 0.3) is 0 Å². The van der Waals surface area contributed by atoms with Crippen LogP contribution in [0.15, 0.2) is 46.7 Å². The highest BCUT2D eigenvalue weighted by molar-refractivity contribution is 7.89. The number of halogens is 1. The second kappa shape index (κ2) is 9.65. The molecule has 0 unspecified atom stereocenters. The Hall–Kier alpha value is -2.66. The molecule has 1 N–H and O–H groups in total. The zero-order valence-corrected chi connectivity index (χ0v) is 19.2. The zero-order chi connectivity index (χ0) is 22.6. The third-order valence-electron chi connectivity index (χ3n) is 4.27. The summed E-state index contributed by atoms with van der Waals surface area (Å²) in [6, 6.07) is 9.25. The Morgan fingerprint density at radius 3 is 2.55 bits per heavy atom. The number of esters is 1. The number of sulfonamides is 1. The van der Waals surface area contributed by atoms with Gasteiger partial charge in [0.05, 0.1) is 35.4 Å². The van der Waals surface area contributed by atoms with Crippen LogP contribution in [0, 0.1) is 0 Å². The first kappa shape index (κ1) is 23.0. The van der Waals surface area contributed by atoms with E-state index in [2.05, 4.69) is 9.71 Å². The molecule has 0 spiro atoms. The van der Waals surface area contributed by atoms with Crippen LogP contribution in [0.3, 0.4) is 0 Å². The molecule has 3 rings (SSSR count). The predicted octanol–water partition coefficient (Wildman–Crippen LogP) is 3.75. The second-order valence-corrected chi connectivity index (χ2v) is 9.29. The average Bonchev–Trinajstić information content (AvgIpc) is 3.26. The van der Waals surface area contributed by atoms with E-state index in [-0.39, 0.29) is 22.1 Å². The number of hydrogen-bond acceptors (Lipinski definition) is 8. The van der Waals surface area contributed by atoms with Crippen molar-refractivity contribution in [3.63, 3.8) is 0 Å². The molecule has 0 aliphatic heterocycles. The van der Waals surface area contributed by atoms with Gasteiger partial charge in [0.1, 0.15) is 11.6 Å². The molecule has 31 heavy (non-hydrogen) atoms. The maximum atomic E-state index is 12.5. The highest BCUT2D eigenvalue weighted by atomic mass is 35.5. The smallest absolute Gasteiger partial charge is 0.340 e. The van der Waals surface area contributed by atoms with Crippen molar-refractivity contribution in [1.29, 1.82) is 0 Å². The summed E-state index contributed by atoms with van der Waals surface area (Å²) >= 11 is 7.43. The molecule has 164 valence electrons. The van der Waals surface area contributed by atoms with E-state index >= 15 is 0 Å². The Kier molecular flexibility index (Phi) is 7.16. The monoisotopic (exact) mass is 482 g/mol. The van der Waals surface area contributed by atoms with Gasteiger partial charge in [-0.15, -0.1) is 11.3 Å². The normalized spacial score (nSPS) is 11.2. The molecule has 0 radical (unpaired) electrons. The first-order valence-corrected chi connectivity index (χ1v) is 11.6. The number of nitrogens with zero attached hydrogens (tertiary/aromatic N) is 1. The first-order chi connectivity index (χ1) is 14.8. The third-order valence-corrected chi connectivity index (χ3v) is 6.95. The second-order valence-electron chi connectivity index (χ2n) is 6.14. The topological polar surface area (TPSA) is 104 Å². The van der Waals surface area contributed by atoms with Crippen molar-refractivity contribution in [2.45, 2.75) is 11.5 Å². The van der Waals surface area contributed by atoms with Crippen LogP contribution in [0.4, 0.5) is 0 Å². The van der Waals surface area contributed by atoms with Gasteiger partial charge in [0, 0.05) is 10.9 Å². The molecule has 3 aromatic rings. The number of nitrogens with one attached hydrogen (secondary N) is 1. The highest BCUT2D eigenvalue weighted by Gasteiger charge is 2.19. The summed E-state index contributed by atoms with van der Waals surface area (Å²) in [6.07, 6.45) is 0. The minimum atomic E-state index is -3.72. The molecule has 0 amide bonds. The Balaban J connectivity index is 1.74. The van der Waals surface area contributed by atoms with Gasteiger partial charge >= 0.3 is 5.97 Å². The molecule has 0 bridgehead atoms. The van der Waals surface area contributed by atoms with Crippen molar-refractivity contribution < 1.29 is 27.4 Å². The number of benzene rings is 2. The van der Waals surface area contributed by atoms with Crippen LogP contribution in [0.5, 0.6) is 11.5 Å². The lowest BCUT2D eigenvalue weighted by atomic mass is 10.2. The molecule has 2 aromatic carbocycles. The first-order valence-electron chi connectivity index (χ1n) is 8.86. The molecular weight excluding hydrogens is 464 g/mol. The lowest BCUT2D eigenvalue weighted by Crippen LogP contribution is -2.19. The summed E-state index contributed by atoms with van der Waals surface area (Å²) in [5.74, 6) is 0.435. The van der Waals surface area contributed by atoms with Crippen molar-refractivity contribution >= 4 is 38.9 Å². The van der Waals surface area contributed by atoms with E-state index in [0.29, 0.717) is 22.2 Å². The van der Waals surface area contributed by atoms with Crippen molar-refractivity contribution in [3.05, 3.63) is 58.1 Å². The van der Waals surface area contributed by atoms with Crippen LogP contribution >= 0.6 is 22.9 Å². The largest absolute Gasteiger partial charge is 0.493 e. The molecule has 0 saturated heterocycles. The number of thiazole rings is 1. The molecule has 0 atom stereocenters. The van der Waals surface area contributed by atoms with Gasteiger partial charge in [-0.25, -0.2) is 22.9 Å². The molecule has 1 aromatic heterocycles. The molecule has 11 heteroatoms. The minimum absolute atomic E-state index is 0.0478. The van der Waals surface area contributed by atoms with Gasteiger partial charge in [0.15, 0.2) is 11.5 Å². The molecule has 0 aliphatic carbocycles. The van der Waals surface area contributed by atoms with E-state index in [1.807, 2.05) is 6.07 Å². The Labute approximate surface area is 188 Å². The van der Waals surface area contributed by atoms with E-state index < -0.39 is 16.0 Å². The highest BCUT2D eigenvalue weighted by Crippen LogP contribution is 2.33. The maximum Gasteiger partial charge on any atom is 0.340 e. The molecule has 0 saturated carbocycles. The fraction of sp³-hybridized carbons (Fsp3) is 0.200. The summed E-state index contributed by atoms with van der Waals surface area (Å²) in [5, 5.41) is 2.57. The Morgan fingerprint density at radius 1 is 1.13 bits per heavy atom. The van der Waals surface area contributed by atoms with Crippen molar-refractivity contribution in [2.24, 2.45) is 0 Å². The van der Waals surface area contributed by atoms with Gasteiger partial charge in [-0.1, -0.05) is 11.6 Å². The Morgan fingerprint density at radius 2 is 1.87 bits per heavy atom. The fourth-order valence-corrected chi connectivity index (χ4v) is 4.39. The molecule has 8 nitrogen and oxygen atoms in total. The number of ether oxygens (including phenoxy) is 3. The summed E-state index contributed by atoms with van der Waals surface area (Å²) in [4.78, 5) is 16.8. The number of carbonyl (C=O) groups excluding carboxylic acids is 1. The van der Waals surface area contributed by atoms with Crippen molar-refractivity contribution in [3.8, 4) is 22.1 Å². The van der Waals surface area contributed by atoms with Crippen LogP contribution in [0.2, 0.25) is 5.02 Å². The number of rotatable bonds is 8. The van der Waals surface area contributed by atoms with Crippen molar-refractivity contribution in [2.75, 3.05) is 21.3 Å². The van der Waals surface area contributed by atoms with E-state index in [1.165, 1.54) is 36.6 Å². The lowest BCUT2D eigenvalue weighted by Gasteiger charge is -2.08. The number of aromatic nitrogens is 1. The molecular formula is C20H19ClN2O6S2. The van der Waals surface area contributed by atoms with E-state index in [9.17, 15) is 13.2 Å². The van der Waals surface area contributed by atoms with E-state index in [1.54, 1.807) is 31.7 Å². The lowest BCUT2D eigenvalue weighted by molar-refractivity contribution is 0.0468. The summed E-state index contributed by atoms with van der Waals surface area (Å²) in [6.45, 7) is -0.0953. The fourth-order valence-electron chi connectivity index (χ4n) is 2.64. The third kappa shape index (κ3) is 5.16. The van der Waals surface area contributed by atoms with Crippen LogP contribution < -0.4 is 14.2 Å². The van der Waals surface area contributed by atoms with Gasteiger partial charge in [-0.05, 0) is 43.4 Å². The zero-order valence-electron chi connectivity index (χ0n) is 16.8. The van der Waals surface area contributed by atoms with Gasteiger partial charge in [-0.3, -0.25) is 0 Å². The van der Waals surface area contributed by atoms with Crippen LogP contribution in [-0.2, 0) is 21.4 Å². The van der Waals surface area contributed by atoms with Gasteiger partial charge in [-0.2, -0.15) is 0 Å². The van der Waals surface area contributed by atoms with E-state index in [4.69, 9.17) is 25.8 Å². The number of methoxy groups -OCH3 is 2. The van der Waals surface area contributed by atoms with Crippen LogP contribution in [0.1, 0.15) is 16.1 Å². The number of carbonyl (C=O) groups is 1. The average molecular weight is 483 g/mol. The summed E-state index contributed by atoms with van der Waals surface area (Å²) in [7, 11) is 0.666.